The number of para-hydroxylation sites is 10. The second kappa shape index (κ2) is 46.7. The number of H-pyrrole nitrogens is 1. The number of nitrogens with one attached hydrogen (secondary N) is 2. The molecule has 24 aromatic rings. The fourth-order valence-corrected chi connectivity index (χ4v) is 17.6. The molecule has 0 radical (unpaired) electrons. The Bertz CT molecular complexity index is 7820. The van der Waals surface area contributed by atoms with Crippen molar-refractivity contribution in [1.82, 2.24) is 27.8 Å². The van der Waals surface area contributed by atoms with Crippen LogP contribution in [0, 0.1) is 0 Å². The molecule has 15 nitrogen and oxygen atoms in total. The molecule has 0 spiro atoms. The minimum atomic E-state index is 0. The van der Waals surface area contributed by atoms with Crippen LogP contribution in [-0.4, -0.2) is 82.2 Å². The summed E-state index contributed by atoms with van der Waals surface area (Å²) in [4.78, 5) is 25.6. The van der Waals surface area contributed by atoms with Crippen molar-refractivity contribution in [3.63, 3.8) is 0 Å². The van der Waals surface area contributed by atoms with E-state index in [4.69, 9.17) is 23.7 Å². The van der Waals surface area contributed by atoms with E-state index in [2.05, 4.69) is 362 Å². The number of aromatic nitrogens is 6. The van der Waals surface area contributed by atoms with Crippen LogP contribution in [-0.2, 0) is 0 Å². The second-order valence-electron chi connectivity index (χ2n) is 31.4. The molecule has 0 unspecified atom stereocenters. The van der Waals surface area contributed by atoms with Crippen LogP contribution in [0.5, 0.6) is 28.7 Å². The number of anilines is 1. The van der Waals surface area contributed by atoms with Crippen molar-refractivity contribution >= 4 is 254 Å². The van der Waals surface area contributed by atoms with E-state index in [1.54, 1.807) is 35.5 Å². The van der Waals surface area contributed by atoms with Crippen molar-refractivity contribution in [2.24, 2.45) is 5.10 Å². The number of ether oxygens (including phenoxy) is 5. The molecule has 0 bridgehead atoms. The van der Waals surface area contributed by atoms with Gasteiger partial charge < -0.3 is 51.5 Å². The number of benzene rings is 18. The van der Waals surface area contributed by atoms with Crippen molar-refractivity contribution in [2.45, 2.75) is 0 Å². The summed E-state index contributed by atoms with van der Waals surface area (Å²) in [6, 6.07) is 144. The number of rotatable bonds is 15. The van der Waals surface area contributed by atoms with Crippen molar-refractivity contribution in [3.8, 4) is 57.2 Å². The Kier molecular flexibility index (Phi) is 33.1. The average Bonchev–Trinajstić information content (AvgIpc) is 1.59. The molecule has 0 atom stereocenters. The predicted octanol–water partition coefficient (Wildman–Crippen LogP) is 29.5. The van der Waals surface area contributed by atoms with Gasteiger partial charge in [-0.15, -0.1) is 24.0 Å². The fourth-order valence-electron chi connectivity index (χ4n) is 17.6. The Hall–Kier alpha value is -13.1. The third-order valence-electron chi connectivity index (χ3n) is 23.8. The van der Waals surface area contributed by atoms with Gasteiger partial charge in [0, 0.05) is 152 Å². The van der Waals surface area contributed by atoms with Gasteiger partial charge in [0.1, 0.15) is 41.3 Å². The number of methoxy groups -OCH3 is 5. The van der Waals surface area contributed by atoms with Crippen molar-refractivity contribution < 1.29 is 46.5 Å². The second-order valence-corrected chi connectivity index (χ2v) is 47.6. The Morgan fingerprint density at radius 1 is 0.255 bits per heavy atom. The van der Waals surface area contributed by atoms with Crippen LogP contribution >= 0.6 is 98.4 Å². The van der Waals surface area contributed by atoms with Gasteiger partial charge in [0.25, 0.3) is 0 Å². The molecule has 0 amide bonds. The molecule has 0 fully saturated rings. The number of fused-ring (bicyclic) bond motifs is 18. The van der Waals surface area contributed by atoms with E-state index in [0.717, 1.165) is 130 Å². The normalized spacial score (nSPS) is 10.8. The maximum Gasteiger partial charge on any atom is 0.0464 e. The quantitative estimate of drug-likeness (QED) is 0.0447. The first-order chi connectivity index (χ1) is 67.1. The van der Waals surface area contributed by atoms with Crippen LogP contribution in [0.3, 0.4) is 0 Å². The molecule has 0 saturated carbocycles. The summed E-state index contributed by atoms with van der Waals surface area (Å²) in [6.45, 7) is 0. The van der Waals surface area contributed by atoms with Crippen LogP contribution in [0.4, 0.5) is 5.69 Å². The summed E-state index contributed by atoms with van der Waals surface area (Å²) in [5.74, 6) is 4.26. The molecule has 0 saturated heterocycles. The molecule has 680 valence electrons. The van der Waals surface area contributed by atoms with E-state index in [1.165, 1.54) is 81.7 Å². The SMILES string of the molecule is COc1ccc(-n2c3ccccc3c3cc(/C=N/Nc4ccccc4)ccc32)cc1.COc1ccc(-n2c3ccccc3c3cc(C=O)ccc32)cc1.COc1ccc(-n2c3ccccc3c3cc(C=O)ccc32)cc1.COc1ccc(-n2c3ccccc3c3ccccc32)cc1.COc1ccc(-n2c3ccccc3c3ccccc32)cc1.I.II.I[I-]I.c1ccc2c(c1)[nH]c1ccccc12. The van der Waals surface area contributed by atoms with Crippen molar-refractivity contribution in [3.05, 3.63) is 441 Å². The summed E-state index contributed by atoms with van der Waals surface area (Å²) in [7, 11) is 8.39. The molecule has 0 aliphatic heterocycles. The molecular formula is C116H91I6N8O7-. The Balaban J connectivity index is 0.000000119. The molecule has 6 aromatic heterocycles. The number of halogens is 6. The minimum absolute atomic E-state index is 0. The summed E-state index contributed by atoms with van der Waals surface area (Å²) in [5.41, 5.74) is 26.1. The van der Waals surface area contributed by atoms with Gasteiger partial charge in [-0.05, 0) is 242 Å². The first kappa shape index (κ1) is 97.0. The predicted molar refractivity (Wildman–Crippen MR) is 612 cm³/mol. The minimum Gasteiger partial charge on any atom is -0.355 e. The van der Waals surface area contributed by atoms with Gasteiger partial charge in [0.05, 0.1) is 103 Å². The molecular weight excluding hydrogens is 2380 g/mol. The van der Waals surface area contributed by atoms with Gasteiger partial charge in [-0.25, -0.2) is 0 Å². The largest absolute Gasteiger partial charge is 0.355 e. The number of hydrogen-bond acceptors (Lipinski definition) is 9. The molecule has 0 aliphatic rings. The average molecular weight is 2470 g/mol. The first-order valence-electron chi connectivity index (χ1n) is 43.6. The number of nitrogens with zero attached hydrogens (tertiary/aromatic N) is 6. The van der Waals surface area contributed by atoms with Crippen LogP contribution in [0.25, 0.3) is 159 Å². The van der Waals surface area contributed by atoms with Crippen LogP contribution in [0.15, 0.2) is 430 Å². The van der Waals surface area contributed by atoms with E-state index < -0.39 is 0 Å². The smallest absolute Gasteiger partial charge is 0.0464 e. The van der Waals surface area contributed by atoms with E-state index >= 15 is 0 Å². The van der Waals surface area contributed by atoms with E-state index in [0.29, 0.717) is 24.4 Å². The van der Waals surface area contributed by atoms with E-state index in [1.807, 2.05) is 182 Å². The number of carbonyl (C=O) groups is 2. The summed E-state index contributed by atoms with van der Waals surface area (Å²) < 4.78 is 37.6. The maximum atomic E-state index is 11.1. The van der Waals surface area contributed by atoms with Gasteiger partial charge in [0.2, 0.25) is 0 Å². The summed E-state index contributed by atoms with van der Waals surface area (Å²) >= 11 is 9.54. The molecule has 137 heavy (non-hydrogen) atoms. The zero-order chi connectivity index (χ0) is 93.8. The van der Waals surface area contributed by atoms with Gasteiger partial charge >= 0.3 is 50.5 Å². The molecule has 0 aliphatic carbocycles. The molecule has 6 heterocycles. The zero-order valence-electron chi connectivity index (χ0n) is 75.0. The van der Waals surface area contributed by atoms with Crippen LogP contribution in [0.2, 0.25) is 0 Å². The Labute approximate surface area is 862 Å². The van der Waals surface area contributed by atoms with Crippen LogP contribution < -0.4 is 42.4 Å². The Morgan fingerprint density at radius 3 is 0.708 bits per heavy atom. The number of carbonyl (C=O) groups excluding carboxylic acids is 2. The summed E-state index contributed by atoms with van der Waals surface area (Å²) in [5, 5.41) is 19.0. The van der Waals surface area contributed by atoms with Crippen molar-refractivity contribution in [2.75, 3.05) is 41.0 Å². The molecule has 2 N–H and O–H groups in total. The standard InChI is InChI=1S/C26H21N3O.2C20H15NO2.2C19H15NO.C12H9N.I3.I2.HI/c1-30-22-14-12-21(13-15-22)29-25-10-6-5-9-23(25)24-17-19(11-16-26(24)29)18-27-28-20-7-3-2-4-8-20;2*1-23-16-9-7-15(8-10-16)21-19-5-3-2-4-17(19)18-12-14(13-22)6-11-20(18)21;2*1-21-15-12-10-14(11-13-15)20-18-8-4-2-6-16(18)17-7-3-5-9-19(17)20;1-3-7-11-9(5-1)10-6-2-4-8-12(10)13-11;1-3-2;1-2;/h2-18,28H,1H3;2*2-13H,1H3;2*2-13H,1H3;1-8,13H;;;1H/q;;;;;;-1;;/b27-18+;;;;;;;;. The monoisotopic (exact) mass is 2470 g/mol. The zero-order valence-corrected chi connectivity index (χ0v) is 88.1. The Morgan fingerprint density at radius 2 is 0.460 bits per heavy atom. The summed E-state index contributed by atoms with van der Waals surface area (Å²) in [6.07, 6.45) is 3.63. The van der Waals surface area contributed by atoms with Gasteiger partial charge in [-0.2, -0.15) is 5.10 Å². The molecule has 24 rings (SSSR count). The van der Waals surface area contributed by atoms with Crippen LogP contribution in [0.1, 0.15) is 26.3 Å². The van der Waals surface area contributed by atoms with Gasteiger partial charge in [0.15, 0.2) is 0 Å². The number of aldehydes is 2. The topological polar surface area (TPSA) is 145 Å². The third-order valence-corrected chi connectivity index (χ3v) is 23.8. The van der Waals surface area contributed by atoms with E-state index in [-0.39, 0.29) is 24.0 Å². The van der Waals surface area contributed by atoms with E-state index in [9.17, 15) is 9.59 Å². The maximum absolute atomic E-state index is 11.1. The number of hydrazone groups is 1. The molecule has 18 aromatic carbocycles. The molecule has 21 heteroatoms. The number of hydrogen-bond donors (Lipinski definition) is 2. The van der Waals surface area contributed by atoms with Gasteiger partial charge in [-0.1, -0.05) is 188 Å². The first-order valence-corrected chi connectivity index (χ1v) is 62.4. The van der Waals surface area contributed by atoms with Crippen molar-refractivity contribution in [1.29, 1.82) is 0 Å². The fraction of sp³-hybridized carbons (Fsp3) is 0.0431. The third kappa shape index (κ3) is 21.2. The number of aromatic amines is 1. The van der Waals surface area contributed by atoms with Gasteiger partial charge in [-0.3, -0.25) is 15.0 Å².